The van der Waals surface area contributed by atoms with Crippen LogP contribution >= 0.6 is 23.4 Å². The first-order valence-corrected chi connectivity index (χ1v) is 8.50. The van der Waals surface area contributed by atoms with E-state index in [1.54, 1.807) is 6.26 Å². The zero-order valence-electron chi connectivity index (χ0n) is 12.1. The van der Waals surface area contributed by atoms with Gasteiger partial charge < -0.3 is 8.83 Å². The lowest BCUT2D eigenvalue weighted by Crippen LogP contribution is -1.80. The van der Waals surface area contributed by atoms with Crippen LogP contribution in [-0.2, 0) is 0 Å². The van der Waals surface area contributed by atoms with Crippen LogP contribution in [0.4, 0.5) is 0 Å². The molecule has 4 aromatic rings. The van der Waals surface area contributed by atoms with E-state index in [-0.39, 0.29) is 0 Å². The van der Waals surface area contributed by atoms with Crippen LogP contribution in [0.1, 0.15) is 0 Å². The molecule has 4 rings (SSSR count). The van der Waals surface area contributed by atoms with Gasteiger partial charge in [-0.1, -0.05) is 41.6 Å². The van der Waals surface area contributed by atoms with Crippen molar-refractivity contribution in [1.82, 2.24) is 10.2 Å². The average molecular weight is 343 g/mol. The molecule has 0 saturated carbocycles. The molecule has 0 unspecified atom stereocenters. The van der Waals surface area contributed by atoms with Gasteiger partial charge in [0.05, 0.1) is 6.26 Å². The maximum atomic E-state index is 6.31. The van der Waals surface area contributed by atoms with E-state index in [2.05, 4.69) is 10.2 Å². The van der Waals surface area contributed by atoms with Crippen molar-refractivity contribution in [2.75, 3.05) is 6.26 Å². The lowest BCUT2D eigenvalue weighted by Gasteiger charge is -2.02. The van der Waals surface area contributed by atoms with Crippen LogP contribution in [0.5, 0.6) is 0 Å². The number of aromatic nitrogens is 2. The number of halogens is 1. The zero-order valence-corrected chi connectivity index (χ0v) is 13.7. The third-order valence-electron chi connectivity index (χ3n) is 3.57. The summed E-state index contributed by atoms with van der Waals surface area (Å²) in [5, 5.41) is 10.2. The summed E-state index contributed by atoms with van der Waals surface area (Å²) in [6.45, 7) is 0. The number of hydrogen-bond acceptors (Lipinski definition) is 5. The Bertz CT molecular complexity index is 993. The van der Waals surface area contributed by atoms with Crippen molar-refractivity contribution >= 4 is 34.3 Å². The molecule has 0 bridgehead atoms. The van der Waals surface area contributed by atoms with Gasteiger partial charge in [0.2, 0.25) is 5.89 Å². The van der Waals surface area contributed by atoms with Gasteiger partial charge in [-0.3, -0.25) is 0 Å². The zero-order chi connectivity index (χ0) is 15.8. The summed E-state index contributed by atoms with van der Waals surface area (Å²) in [6, 6.07) is 13.5. The molecule has 2 aromatic heterocycles. The van der Waals surface area contributed by atoms with Crippen molar-refractivity contribution in [2.45, 2.75) is 5.22 Å². The minimum atomic E-state index is 0.488. The smallest absolute Gasteiger partial charge is 0.276 e. The van der Waals surface area contributed by atoms with Gasteiger partial charge in [0.1, 0.15) is 5.58 Å². The molecule has 0 N–H and O–H groups in total. The number of rotatable bonds is 3. The minimum Gasteiger partial charge on any atom is -0.464 e. The second-order valence-electron chi connectivity index (χ2n) is 4.92. The molecule has 0 atom stereocenters. The Morgan fingerprint density at radius 2 is 1.91 bits per heavy atom. The first-order valence-electron chi connectivity index (χ1n) is 6.90. The molecule has 23 heavy (non-hydrogen) atoms. The molecule has 0 aliphatic heterocycles. The highest BCUT2D eigenvalue weighted by molar-refractivity contribution is 7.98. The first kappa shape index (κ1) is 14.4. The molecule has 0 saturated heterocycles. The lowest BCUT2D eigenvalue weighted by molar-refractivity contribution is 0.466. The number of thioether (sulfide) groups is 1. The third-order valence-corrected chi connectivity index (χ3v) is 4.41. The molecule has 2 heterocycles. The van der Waals surface area contributed by atoms with Crippen LogP contribution in [0, 0.1) is 0 Å². The molecule has 0 aliphatic carbocycles. The minimum absolute atomic E-state index is 0.488. The Balaban J connectivity index is 1.88. The fraction of sp³-hybridized carbons (Fsp3) is 0.0588. The topological polar surface area (TPSA) is 52.1 Å². The maximum Gasteiger partial charge on any atom is 0.276 e. The summed E-state index contributed by atoms with van der Waals surface area (Å²) in [5.41, 5.74) is 3.51. The Kier molecular flexibility index (Phi) is 3.59. The van der Waals surface area contributed by atoms with Gasteiger partial charge in [-0.25, -0.2) is 0 Å². The van der Waals surface area contributed by atoms with E-state index in [0.717, 1.165) is 27.7 Å². The van der Waals surface area contributed by atoms with Crippen molar-refractivity contribution < 1.29 is 8.83 Å². The van der Waals surface area contributed by atoms with Crippen LogP contribution < -0.4 is 0 Å². The Hall–Kier alpha value is -2.24. The van der Waals surface area contributed by atoms with Crippen molar-refractivity contribution in [3.63, 3.8) is 0 Å². The van der Waals surface area contributed by atoms with Gasteiger partial charge in [0.15, 0.2) is 0 Å². The summed E-state index contributed by atoms with van der Waals surface area (Å²) in [5.74, 6) is 0.488. The van der Waals surface area contributed by atoms with Gasteiger partial charge in [-0.15, -0.1) is 10.2 Å². The predicted octanol–water partition coefficient (Wildman–Crippen LogP) is 5.53. The summed E-state index contributed by atoms with van der Waals surface area (Å²) >= 11 is 7.73. The summed E-state index contributed by atoms with van der Waals surface area (Å²) < 4.78 is 11.2. The predicted molar refractivity (Wildman–Crippen MR) is 91.7 cm³/mol. The van der Waals surface area contributed by atoms with Crippen LogP contribution in [0.25, 0.3) is 33.6 Å². The largest absolute Gasteiger partial charge is 0.464 e. The van der Waals surface area contributed by atoms with Crippen LogP contribution in [0.15, 0.2) is 62.8 Å². The van der Waals surface area contributed by atoms with Crippen molar-refractivity contribution in [3.05, 3.63) is 53.8 Å². The molecule has 114 valence electrons. The second-order valence-corrected chi connectivity index (χ2v) is 6.08. The quantitative estimate of drug-likeness (QED) is 0.458. The third kappa shape index (κ3) is 2.52. The average Bonchev–Trinajstić information content (AvgIpc) is 3.21. The molecule has 0 aliphatic rings. The Morgan fingerprint density at radius 1 is 1.04 bits per heavy atom. The first-order chi connectivity index (χ1) is 11.3. The van der Waals surface area contributed by atoms with Gasteiger partial charge in [-0.05, 0) is 30.5 Å². The highest BCUT2D eigenvalue weighted by atomic mass is 35.5. The number of benzene rings is 2. The molecule has 0 spiro atoms. The molecular weight excluding hydrogens is 332 g/mol. The number of hydrogen-bond donors (Lipinski definition) is 0. The highest BCUT2D eigenvalue weighted by Crippen LogP contribution is 2.36. The molecule has 0 fully saturated rings. The fourth-order valence-electron chi connectivity index (χ4n) is 2.46. The van der Waals surface area contributed by atoms with Gasteiger partial charge >= 0.3 is 0 Å². The number of furan rings is 1. The summed E-state index contributed by atoms with van der Waals surface area (Å²) in [6.07, 6.45) is 3.61. The standard InChI is InChI=1S/C17H11ClN2O2S/c1-23-17-20-19-16(22-17)10-6-7-15-12(8-10)13(9-21-15)11-4-2-3-5-14(11)18/h2-9H,1H3. The van der Waals surface area contributed by atoms with Crippen molar-refractivity contribution in [1.29, 1.82) is 0 Å². The molecule has 4 nitrogen and oxygen atoms in total. The fourth-order valence-corrected chi connectivity index (χ4v) is 2.98. The normalized spacial score (nSPS) is 11.2. The molecule has 2 aromatic carbocycles. The van der Waals surface area contributed by atoms with Crippen LogP contribution in [0.2, 0.25) is 5.02 Å². The van der Waals surface area contributed by atoms with Crippen LogP contribution in [-0.4, -0.2) is 16.5 Å². The Labute approximate surface area is 141 Å². The van der Waals surface area contributed by atoms with E-state index in [0.29, 0.717) is 16.1 Å². The lowest BCUT2D eigenvalue weighted by atomic mass is 10.0. The Morgan fingerprint density at radius 3 is 2.70 bits per heavy atom. The second kappa shape index (κ2) is 5.76. The molecule has 0 amide bonds. The van der Waals surface area contributed by atoms with E-state index >= 15 is 0 Å². The van der Waals surface area contributed by atoms with Gasteiger partial charge in [-0.2, -0.15) is 0 Å². The van der Waals surface area contributed by atoms with E-state index in [1.807, 2.05) is 48.7 Å². The molecule has 6 heteroatoms. The van der Waals surface area contributed by atoms with E-state index in [1.165, 1.54) is 11.8 Å². The molecule has 0 radical (unpaired) electrons. The van der Waals surface area contributed by atoms with E-state index < -0.39 is 0 Å². The van der Waals surface area contributed by atoms with Crippen molar-refractivity contribution in [3.8, 4) is 22.6 Å². The monoisotopic (exact) mass is 342 g/mol. The number of fused-ring (bicyclic) bond motifs is 1. The van der Waals surface area contributed by atoms with E-state index in [4.69, 9.17) is 20.4 Å². The summed E-state index contributed by atoms with van der Waals surface area (Å²) in [4.78, 5) is 0. The van der Waals surface area contributed by atoms with Gasteiger partial charge in [0, 0.05) is 27.1 Å². The highest BCUT2D eigenvalue weighted by Gasteiger charge is 2.14. The number of nitrogens with zero attached hydrogens (tertiary/aromatic N) is 2. The van der Waals surface area contributed by atoms with Gasteiger partial charge in [0.25, 0.3) is 5.22 Å². The maximum absolute atomic E-state index is 6.31. The summed E-state index contributed by atoms with van der Waals surface area (Å²) in [7, 11) is 0. The van der Waals surface area contributed by atoms with E-state index in [9.17, 15) is 0 Å². The van der Waals surface area contributed by atoms with Crippen molar-refractivity contribution in [2.24, 2.45) is 0 Å². The van der Waals surface area contributed by atoms with Crippen LogP contribution in [0.3, 0.4) is 0 Å². The SMILES string of the molecule is CSc1nnc(-c2ccc3occ(-c4ccccc4Cl)c3c2)o1. The molecular formula is C17H11ClN2O2S.